The van der Waals surface area contributed by atoms with Gasteiger partial charge < -0.3 is 35.1 Å². The van der Waals surface area contributed by atoms with Crippen molar-refractivity contribution in [1.29, 1.82) is 0 Å². The summed E-state index contributed by atoms with van der Waals surface area (Å²) in [4.78, 5) is 6.24. The predicted octanol–water partition coefficient (Wildman–Crippen LogP) is 2.71. The van der Waals surface area contributed by atoms with Crippen LogP contribution in [0.15, 0.2) is 28.7 Å². The van der Waals surface area contributed by atoms with Crippen molar-refractivity contribution >= 4 is 22.7 Å². The van der Waals surface area contributed by atoms with E-state index in [1.165, 1.54) is 5.57 Å². The Morgan fingerprint density at radius 2 is 1.89 bits per heavy atom. The minimum Gasteiger partial charge on any atom is -0.424 e. The highest BCUT2D eigenvalue weighted by Gasteiger charge is 2.76. The number of aliphatic hydroxyl groups is 3. The first-order valence-electron chi connectivity index (χ1n) is 13.3. The highest BCUT2D eigenvalue weighted by atomic mass is 16.6. The Kier molecular flexibility index (Phi) is 4.58. The van der Waals surface area contributed by atoms with Crippen molar-refractivity contribution in [3.63, 3.8) is 0 Å². The van der Waals surface area contributed by atoms with Crippen LogP contribution in [0.1, 0.15) is 57.4 Å². The molecule has 1 aromatic heterocycles. The first kappa shape index (κ1) is 23.2. The first-order chi connectivity index (χ1) is 17.0. The van der Waals surface area contributed by atoms with E-state index in [4.69, 9.17) is 14.9 Å². The maximum Gasteiger partial charge on any atom is 0.292 e. The average molecular weight is 496 g/mol. The topological polar surface area (TPSA) is 125 Å². The Balaban J connectivity index is 1.27. The van der Waals surface area contributed by atoms with Gasteiger partial charge in [-0.2, -0.15) is 4.98 Å². The molecule has 5 N–H and O–H groups in total. The summed E-state index contributed by atoms with van der Waals surface area (Å²) in [5.41, 5.74) is 7.26. The monoisotopic (exact) mass is 495 g/mol. The number of likely N-dealkylation sites (N-methyl/N-ethyl adjacent to an activating group) is 1. The third kappa shape index (κ3) is 2.69. The SMILES string of the molecule is CN(C)C1CC23CCC4(O2)C2CC=C(c5ccc6nc(N)oc6c5)C2(C)CCC4(O)CC3C(O)C1O. The number of hydrogen-bond acceptors (Lipinski definition) is 8. The number of hydrogen-bond donors (Lipinski definition) is 4. The number of nitrogens with two attached hydrogens (primary N) is 1. The lowest BCUT2D eigenvalue weighted by Crippen LogP contribution is -2.73. The van der Waals surface area contributed by atoms with Crippen LogP contribution in [-0.4, -0.2) is 74.4 Å². The number of ether oxygens (including phenoxy) is 1. The third-order valence-corrected chi connectivity index (χ3v) is 11.0. The van der Waals surface area contributed by atoms with Gasteiger partial charge in [-0.05, 0) is 87.7 Å². The molecule has 3 heterocycles. The largest absolute Gasteiger partial charge is 0.424 e. The molecule has 1 aromatic carbocycles. The molecule has 0 radical (unpaired) electrons. The Bertz CT molecular complexity index is 1280. The van der Waals surface area contributed by atoms with Crippen LogP contribution in [-0.2, 0) is 4.74 Å². The molecule has 2 spiro atoms. The van der Waals surface area contributed by atoms with Gasteiger partial charge in [-0.15, -0.1) is 0 Å². The van der Waals surface area contributed by atoms with Gasteiger partial charge in [0, 0.05) is 17.9 Å². The van der Waals surface area contributed by atoms with Crippen LogP contribution < -0.4 is 5.73 Å². The summed E-state index contributed by atoms with van der Waals surface area (Å²) >= 11 is 0. The number of oxazole rings is 1. The number of rotatable bonds is 2. The zero-order chi connectivity index (χ0) is 25.3. The fourth-order valence-electron chi connectivity index (χ4n) is 9.17. The summed E-state index contributed by atoms with van der Waals surface area (Å²) in [7, 11) is 3.90. The van der Waals surface area contributed by atoms with Crippen molar-refractivity contribution in [3.8, 4) is 0 Å². The van der Waals surface area contributed by atoms with Crippen LogP contribution in [0.2, 0.25) is 0 Å². The number of nitrogens with zero attached hydrogens (tertiary/aromatic N) is 2. The molecule has 8 heteroatoms. The molecule has 2 saturated carbocycles. The fourth-order valence-corrected chi connectivity index (χ4v) is 9.17. The molecule has 2 saturated heterocycles. The van der Waals surface area contributed by atoms with Gasteiger partial charge in [0.05, 0.1) is 23.4 Å². The molecular formula is C28H37N3O5. The average Bonchev–Trinajstić information content (AvgIpc) is 3.49. The summed E-state index contributed by atoms with van der Waals surface area (Å²) in [5.74, 6) is -0.127. The number of aliphatic hydroxyl groups excluding tert-OH is 2. The van der Waals surface area contributed by atoms with Crippen molar-refractivity contribution in [2.24, 2.45) is 17.3 Å². The highest BCUT2D eigenvalue weighted by Crippen LogP contribution is 2.71. The van der Waals surface area contributed by atoms with Gasteiger partial charge in [0.25, 0.3) is 6.01 Å². The summed E-state index contributed by atoms with van der Waals surface area (Å²) in [5, 5.41) is 34.4. The van der Waals surface area contributed by atoms with Crippen molar-refractivity contribution in [2.45, 2.75) is 86.9 Å². The minimum absolute atomic E-state index is 0.136. The molecule has 9 atom stereocenters. The molecule has 5 aliphatic rings. The van der Waals surface area contributed by atoms with E-state index in [1.54, 1.807) is 0 Å². The minimum atomic E-state index is -1.01. The number of anilines is 1. The quantitative estimate of drug-likeness (QED) is 0.501. The normalized spacial score (nSPS) is 47.5. The van der Waals surface area contributed by atoms with Crippen LogP contribution in [0.5, 0.6) is 0 Å². The van der Waals surface area contributed by atoms with Crippen LogP contribution in [0.3, 0.4) is 0 Å². The molecule has 9 unspecified atom stereocenters. The second-order valence-corrected chi connectivity index (χ2v) is 12.7. The molecule has 2 aliphatic heterocycles. The maximum absolute atomic E-state index is 12.3. The molecule has 7 rings (SSSR count). The number of allylic oxidation sites excluding steroid dienone is 2. The number of nitrogen functional groups attached to an aromatic ring is 1. The predicted molar refractivity (Wildman–Crippen MR) is 135 cm³/mol. The number of aromatic nitrogens is 1. The van der Waals surface area contributed by atoms with Gasteiger partial charge in [-0.3, -0.25) is 0 Å². The summed E-state index contributed by atoms with van der Waals surface area (Å²) in [6.45, 7) is 2.33. The Morgan fingerprint density at radius 1 is 1.08 bits per heavy atom. The number of fused-ring (bicyclic) bond motifs is 2. The van der Waals surface area contributed by atoms with Gasteiger partial charge in [0.2, 0.25) is 0 Å². The Hall–Kier alpha value is -1.97. The summed E-state index contributed by atoms with van der Waals surface area (Å²) in [6, 6.07) is 6.08. The lowest BCUT2D eigenvalue weighted by atomic mass is 9.51. The second kappa shape index (κ2) is 7.11. The van der Waals surface area contributed by atoms with Crippen molar-refractivity contribution in [2.75, 3.05) is 19.8 Å². The Morgan fingerprint density at radius 3 is 2.67 bits per heavy atom. The molecule has 2 aromatic rings. The van der Waals surface area contributed by atoms with Crippen molar-refractivity contribution in [3.05, 3.63) is 29.8 Å². The summed E-state index contributed by atoms with van der Waals surface area (Å²) in [6.07, 6.45) is 5.61. The van der Waals surface area contributed by atoms with E-state index >= 15 is 0 Å². The highest BCUT2D eigenvalue weighted by molar-refractivity contribution is 5.82. The molecule has 3 aliphatic carbocycles. The van der Waals surface area contributed by atoms with Gasteiger partial charge in [0.15, 0.2) is 5.58 Å². The summed E-state index contributed by atoms with van der Waals surface area (Å²) < 4.78 is 12.8. The smallest absolute Gasteiger partial charge is 0.292 e. The molecule has 2 bridgehead atoms. The second-order valence-electron chi connectivity index (χ2n) is 12.7. The van der Waals surface area contributed by atoms with E-state index in [9.17, 15) is 15.3 Å². The van der Waals surface area contributed by atoms with E-state index in [0.29, 0.717) is 24.8 Å². The van der Waals surface area contributed by atoms with E-state index in [1.807, 2.05) is 31.1 Å². The zero-order valence-corrected chi connectivity index (χ0v) is 21.3. The van der Waals surface area contributed by atoms with Gasteiger partial charge >= 0.3 is 0 Å². The van der Waals surface area contributed by atoms with Crippen molar-refractivity contribution < 1.29 is 24.5 Å². The van der Waals surface area contributed by atoms with Crippen LogP contribution in [0.25, 0.3) is 16.7 Å². The Labute approximate surface area is 211 Å². The standard InChI is InChI=1S/C28H37N3O5/c1-25-8-10-27(34)13-17-22(32)23(33)19(31(2)3)14-26(17)9-11-28(27,36-26)21(25)7-5-16(25)15-4-6-18-20(12-15)35-24(29)30-18/h4-6,12,17,19,21-23,32-34H,7-11,13-14H2,1-3H3,(H2,29,30). The molecule has 4 fully saturated rings. The van der Waals surface area contributed by atoms with Crippen LogP contribution in [0.4, 0.5) is 6.01 Å². The third-order valence-electron chi connectivity index (χ3n) is 11.0. The molecule has 194 valence electrons. The van der Waals surface area contributed by atoms with E-state index in [0.717, 1.165) is 36.8 Å². The van der Waals surface area contributed by atoms with Gasteiger partial charge in [-0.25, -0.2) is 0 Å². The molecule has 8 nitrogen and oxygen atoms in total. The van der Waals surface area contributed by atoms with E-state index in [2.05, 4.69) is 24.1 Å². The molecule has 36 heavy (non-hydrogen) atoms. The number of benzene rings is 1. The van der Waals surface area contributed by atoms with Crippen LogP contribution >= 0.6 is 0 Å². The van der Waals surface area contributed by atoms with E-state index < -0.39 is 29.0 Å². The zero-order valence-electron chi connectivity index (χ0n) is 21.3. The van der Waals surface area contributed by atoms with Gasteiger partial charge in [0.1, 0.15) is 11.1 Å². The maximum atomic E-state index is 12.3. The molecule has 0 amide bonds. The molecular weight excluding hydrogens is 458 g/mol. The van der Waals surface area contributed by atoms with E-state index in [-0.39, 0.29) is 29.3 Å². The van der Waals surface area contributed by atoms with Crippen LogP contribution in [0, 0.1) is 17.3 Å². The fraction of sp³-hybridized carbons (Fsp3) is 0.679. The van der Waals surface area contributed by atoms with Gasteiger partial charge in [-0.1, -0.05) is 19.1 Å². The lowest BCUT2D eigenvalue weighted by molar-refractivity contribution is -0.331. The first-order valence-corrected chi connectivity index (χ1v) is 13.3. The lowest BCUT2D eigenvalue weighted by Gasteiger charge is -2.65. The van der Waals surface area contributed by atoms with Crippen molar-refractivity contribution in [1.82, 2.24) is 9.88 Å².